The number of para-hydroxylation sites is 1. The largest absolute Gasteiger partial charge is 0.493 e. The van der Waals surface area contributed by atoms with Crippen molar-refractivity contribution in [3.8, 4) is 11.5 Å². The molecule has 7 heteroatoms. The zero-order chi connectivity index (χ0) is 22.0. The van der Waals surface area contributed by atoms with Crippen LogP contribution in [0.3, 0.4) is 0 Å². The number of anilines is 1. The molecule has 1 atom stereocenters. The zero-order valence-electron chi connectivity index (χ0n) is 17.3. The summed E-state index contributed by atoms with van der Waals surface area (Å²) in [6.45, 7) is 2.16. The summed E-state index contributed by atoms with van der Waals surface area (Å²) < 4.78 is 11.2. The molecule has 0 spiro atoms. The molecule has 3 aromatic carbocycles. The monoisotopic (exact) mass is 418 g/mol. The van der Waals surface area contributed by atoms with Gasteiger partial charge in [0, 0.05) is 23.7 Å². The number of hydrogen-bond donors (Lipinski definition) is 1. The Labute approximate surface area is 179 Å². The van der Waals surface area contributed by atoms with Crippen molar-refractivity contribution in [1.29, 1.82) is 0 Å². The average molecular weight is 418 g/mol. The van der Waals surface area contributed by atoms with Gasteiger partial charge in [-0.1, -0.05) is 42.0 Å². The molecule has 0 amide bonds. The van der Waals surface area contributed by atoms with Crippen LogP contribution in [0.2, 0.25) is 0 Å². The van der Waals surface area contributed by atoms with Crippen LogP contribution in [-0.4, -0.2) is 17.8 Å². The highest BCUT2D eigenvalue weighted by molar-refractivity contribution is 6.03. The molecular formula is C24H22N2O5. The number of ketones is 1. The van der Waals surface area contributed by atoms with E-state index in [0.717, 1.165) is 11.1 Å². The van der Waals surface area contributed by atoms with Crippen molar-refractivity contribution in [2.24, 2.45) is 0 Å². The fourth-order valence-electron chi connectivity index (χ4n) is 3.67. The van der Waals surface area contributed by atoms with Gasteiger partial charge in [-0.15, -0.1) is 0 Å². The number of nitro benzene ring substituents is 1. The number of carbonyl (C=O) groups is 1. The van der Waals surface area contributed by atoms with Gasteiger partial charge in [-0.3, -0.25) is 14.9 Å². The summed E-state index contributed by atoms with van der Waals surface area (Å²) >= 11 is 0. The maximum atomic E-state index is 12.6. The first kappa shape index (κ1) is 20.4. The molecule has 0 saturated heterocycles. The first-order chi connectivity index (χ1) is 15.0. The van der Waals surface area contributed by atoms with Gasteiger partial charge in [0.05, 0.1) is 18.1 Å². The molecule has 1 unspecified atom stereocenters. The number of Topliss-reactive ketones (excluding diaryl/α,β-unsaturated/α-hetero) is 1. The number of carbonyl (C=O) groups excluding carboxylic acids is 1. The van der Waals surface area contributed by atoms with Crippen molar-refractivity contribution in [2.75, 3.05) is 12.4 Å². The third-order valence-electron chi connectivity index (χ3n) is 5.33. The normalized spacial score (nSPS) is 15.0. The number of fused-ring (bicyclic) bond motifs is 1. The Hall–Kier alpha value is -3.87. The van der Waals surface area contributed by atoms with Gasteiger partial charge in [0.25, 0.3) is 0 Å². The summed E-state index contributed by atoms with van der Waals surface area (Å²) in [5.74, 6) is 0.310. The minimum Gasteiger partial charge on any atom is -0.493 e. The van der Waals surface area contributed by atoms with Gasteiger partial charge in [0.15, 0.2) is 11.5 Å². The lowest BCUT2D eigenvalue weighted by Gasteiger charge is -2.27. The van der Waals surface area contributed by atoms with Crippen molar-refractivity contribution < 1.29 is 19.2 Å². The smallest absolute Gasteiger partial charge is 0.315 e. The predicted octanol–water partition coefficient (Wildman–Crippen LogP) is 5.23. The Morgan fingerprint density at radius 2 is 1.87 bits per heavy atom. The summed E-state index contributed by atoms with van der Waals surface area (Å²) in [4.78, 5) is 23.9. The number of nitrogens with zero attached hydrogens (tertiary/aromatic N) is 1. The van der Waals surface area contributed by atoms with Crippen LogP contribution in [0.5, 0.6) is 11.5 Å². The van der Waals surface area contributed by atoms with Gasteiger partial charge in [-0.05, 0) is 36.2 Å². The zero-order valence-corrected chi connectivity index (χ0v) is 17.3. The number of rotatable bonds is 6. The molecule has 3 aromatic rings. The topological polar surface area (TPSA) is 90.7 Å². The molecule has 0 fully saturated rings. The molecule has 0 saturated carbocycles. The van der Waals surface area contributed by atoms with E-state index in [1.54, 1.807) is 12.1 Å². The number of hydrogen-bond acceptors (Lipinski definition) is 6. The number of nitro groups is 1. The van der Waals surface area contributed by atoms with E-state index >= 15 is 0 Å². The molecule has 158 valence electrons. The first-order valence-electron chi connectivity index (χ1n) is 9.89. The molecular weight excluding hydrogens is 396 g/mol. The number of ether oxygens (including phenoxy) is 2. The van der Waals surface area contributed by atoms with E-state index in [-0.39, 0.29) is 36.0 Å². The van der Waals surface area contributed by atoms with Gasteiger partial charge in [0.2, 0.25) is 5.75 Å². The minimum atomic E-state index is -0.491. The number of nitrogens with one attached hydrogen (secondary N) is 1. The van der Waals surface area contributed by atoms with Crippen molar-refractivity contribution in [3.63, 3.8) is 0 Å². The van der Waals surface area contributed by atoms with Crippen molar-refractivity contribution >= 4 is 17.2 Å². The SMILES string of the molecule is COc1cc(C2CC(=O)c3ccccc3N2)cc([N+](=O)[O-])c1OCc1ccc(C)cc1. The van der Waals surface area contributed by atoms with Gasteiger partial charge in [-0.2, -0.15) is 0 Å². The molecule has 1 aliphatic heterocycles. The second-order valence-corrected chi connectivity index (χ2v) is 7.47. The lowest BCUT2D eigenvalue weighted by Crippen LogP contribution is -2.22. The first-order valence-corrected chi connectivity index (χ1v) is 9.89. The second kappa shape index (κ2) is 8.47. The third-order valence-corrected chi connectivity index (χ3v) is 5.33. The Bertz CT molecular complexity index is 1140. The van der Waals surface area contributed by atoms with Gasteiger partial charge in [0.1, 0.15) is 6.61 Å². The lowest BCUT2D eigenvalue weighted by atomic mass is 9.92. The van der Waals surface area contributed by atoms with Crippen LogP contribution >= 0.6 is 0 Å². The molecule has 0 radical (unpaired) electrons. The number of aryl methyl sites for hydroxylation is 1. The average Bonchev–Trinajstić information content (AvgIpc) is 2.78. The second-order valence-electron chi connectivity index (χ2n) is 7.47. The van der Waals surface area contributed by atoms with Crippen molar-refractivity contribution in [2.45, 2.75) is 26.0 Å². The minimum absolute atomic E-state index is 0.0133. The van der Waals surface area contributed by atoms with E-state index in [9.17, 15) is 14.9 Å². The Kier molecular flexibility index (Phi) is 5.58. The van der Waals surface area contributed by atoms with E-state index in [0.29, 0.717) is 16.8 Å². The van der Waals surface area contributed by atoms with E-state index in [1.165, 1.54) is 13.2 Å². The predicted molar refractivity (Wildman–Crippen MR) is 117 cm³/mol. The summed E-state index contributed by atoms with van der Waals surface area (Å²) in [6, 6.07) is 17.7. The molecule has 0 aromatic heterocycles. The summed E-state index contributed by atoms with van der Waals surface area (Å²) in [5, 5.41) is 15.1. The third kappa shape index (κ3) is 4.21. The number of methoxy groups -OCH3 is 1. The van der Waals surface area contributed by atoms with Crippen LogP contribution < -0.4 is 14.8 Å². The molecule has 7 nitrogen and oxygen atoms in total. The highest BCUT2D eigenvalue weighted by Gasteiger charge is 2.30. The Morgan fingerprint density at radius 3 is 2.58 bits per heavy atom. The standard InChI is InChI=1S/C24H22N2O5/c1-15-7-9-16(10-8-15)14-31-24-21(26(28)29)11-17(12-23(24)30-2)20-13-22(27)18-5-3-4-6-19(18)25-20/h3-12,20,25H,13-14H2,1-2H3. The van der Waals surface area contributed by atoms with Crippen LogP contribution in [-0.2, 0) is 6.61 Å². The summed E-state index contributed by atoms with van der Waals surface area (Å²) in [6.07, 6.45) is 0.195. The number of benzene rings is 3. The highest BCUT2D eigenvalue weighted by Crippen LogP contribution is 2.42. The lowest BCUT2D eigenvalue weighted by molar-refractivity contribution is -0.386. The quantitative estimate of drug-likeness (QED) is 0.435. The maximum Gasteiger partial charge on any atom is 0.315 e. The van der Waals surface area contributed by atoms with Crippen LogP contribution in [0.4, 0.5) is 11.4 Å². The molecule has 31 heavy (non-hydrogen) atoms. The van der Waals surface area contributed by atoms with Gasteiger partial charge in [-0.25, -0.2) is 0 Å². The molecule has 1 heterocycles. The van der Waals surface area contributed by atoms with Crippen molar-refractivity contribution in [1.82, 2.24) is 0 Å². The van der Waals surface area contributed by atoms with Crippen LogP contribution in [0.15, 0.2) is 60.7 Å². The van der Waals surface area contributed by atoms with Crippen LogP contribution in [0, 0.1) is 17.0 Å². The Balaban J connectivity index is 1.66. The van der Waals surface area contributed by atoms with E-state index < -0.39 is 11.0 Å². The molecule has 1 N–H and O–H groups in total. The van der Waals surface area contributed by atoms with Crippen LogP contribution in [0.1, 0.15) is 39.5 Å². The molecule has 4 rings (SSSR count). The summed E-state index contributed by atoms with van der Waals surface area (Å²) in [7, 11) is 1.44. The Morgan fingerprint density at radius 1 is 1.13 bits per heavy atom. The molecule has 0 bridgehead atoms. The summed E-state index contributed by atoms with van der Waals surface area (Å²) in [5.41, 5.74) is 3.74. The fraction of sp³-hybridized carbons (Fsp3) is 0.208. The van der Waals surface area contributed by atoms with Gasteiger partial charge >= 0.3 is 5.69 Å². The fourth-order valence-corrected chi connectivity index (χ4v) is 3.67. The molecule has 0 aliphatic carbocycles. The maximum absolute atomic E-state index is 12.6. The van der Waals surface area contributed by atoms with Gasteiger partial charge < -0.3 is 14.8 Å². The van der Waals surface area contributed by atoms with E-state index in [1.807, 2.05) is 49.4 Å². The van der Waals surface area contributed by atoms with E-state index in [4.69, 9.17) is 9.47 Å². The van der Waals surface area contributed by atoms with Crippen LogP contribution in [0.25, 0.3) is 0 Å². The highest BCUT2D eigenvalue weighted by atomic mass is 16.6. The molecule has 1 aliphatic rings. The van der Waals surface area contributed by atoms with E-state index in [2.05, 4.69) is 5.32 Å². The van der Waals surface area contributed by atoms with Crippen molar-refractivity contribution in [3.05, 3.63) is 93.0 Å².